The van der Waals surface area contributed by atoms with Crippen molar-refractivity contribution >= 4 is 0 Å². The summed E-state index contributed by atoms with van der Waals surface area (Å²) < 4.78 is 0. The minimum Gasteiger partial charge on any atom is -0.378 e. The van der Waals surface area contributed by atoms with Gasteiger partial charge in [0.2, 0.25) is 0 Å². The summed E-state index contributed by atoms with van der Waals surface area (Å²) in [5.41, 5.74) is -0.633. The van der Waals surface area contributed by atoms with Crippen LogP contribution in [0.4, 0.5) is 0 Å². The Balaban J connectivity index is 2.33. The number of rotatable bonds is 2. The fraction of sp³-hybridized carbons (Fsp3) is 0.833. The van der Waals surface area contributed by atoms with Gasteiger partial charge in [-0.3, -0.25) is 0 Å². The lowest BCUT2D eigenvalue weighted by Crippen LogP contribution is -2.29. The van der Waals surface area contributed by atoms with Crippen molar-refractivity contribution in [1.82, 2.24) is 0 Å². The van der Waals surface area contributed by atoms with E-state index in [0.717, 1.165) is 38.5 Å². The first-order valence-corrected chi connectivity index (χ1v) is 5.49. The lowest BCUT2D eigenvalue weighted by molar-refractivity contribution is 0.0609. The topological polar surface area (TPSA) is 20.2 Å². The predicted molar refractivity (Wildman–Crippen MR) is 55.3 cm³/mol. The van der Waals surface area contributed by atoms with Crippen molar-refractivity contribution in [3.05, 3.63) is 0 Å². The maximum absolute atomic E-state index is 10.00. The first kappa shape index (κ1) is 10.6. The molecular weight excluding hydrogens is 160 g/mol. The first-order chi connectivity index (χ1) is 6.27. The average Bonchev–Trinajstić information content (AvgIpc) is 2.14. The summed E-state index contributed by atoms with van der Waals surface area (Å²) in [5.74, 6) is 6.13. The molecule has 1 heteroatoms. The Kier molecular flexibility index (Phi) is 4.32. The van der Waals surface area contributed by atoms with Crippen molar-refractivity contribution in [2.24, 2.45) is 0 Å². The van der Waals surface area contributed by atoms with Gasteiger partial charge in [0.25, 0.3) is 0 Å². The molecule has 0 bridgehead atoms. The van der Waals surface area contributed by atoms with Crippen molar-refractivity contribution in [1.29, 1.82) is 0 Å². The van der Waals surface area contributed by atoms with Crippen LogP contribution in [0.5, 0.6) is 0 Å². The van der Waals surface area contributed by atoms with Crippen LogP contribution in [0.1, 0.15) is 58.3 Å². The molecule has 0 aliphatic heterocycles. The Labute approximate surface area is 81.5 Å². The highest BCUT2D eigenvalue weighted by Crippen LogP contribution is 2.27. The molecule has 1 saturated carbocycles. The minimum atomic E-state index is -0.633. The SMILES string of the molecule is CCCCC#CC1(O)CCCCC1. The molecule has 1 nitrogen and oxygen atoms in total. The monoisotopic (exact) mass is 180 g/mol. The van der Waals surface area contributed by atoms with Gasteiger partial charge in [0, 0.05) is 6.42 Å². The van der Waals surface area contributed by atoms with Crippen LogP contribution in [0.2, 0.25) is 0 Å². The molecule has 74 valence electrons. The van der Waals surface area contributed by atoms with E-state index in [1.807, 2.05) is 0 Å². The molecule has 1 fully saturated rings. The number of unbranched alkanes of at least 4 members (excludes halogenated alkanes) is 2. The van der Waals surface area contributed by atoms with E-state index in [0.29, 0.717) is 0 Å². The molecule has 0 aromatic rings. The summed E-state index contributed by atoms with van der Waals surface area (Å²) >= 11 is 0. The third kappa shape index (κ3) is 3.83. The Morgan fingerprint density at radius 3 is 2.54 bits per heavy atom. The Bertz CT molecular complexity index is 191. The van der Waals surface area contributed by atoms with Gasteiger partial charge >= 0.3 is 0 Å². The van der Waals surface area contributed by atoms with E-state index in [4.69, 9.17) is 0 Å². The van der Waals surface area contributed by atoms with Crippen molar-refractivity contribution in [3.63, 3.8) is 0 Å². The van der Waals surface area contributed by atoms with Crippen LogP contribution in [0.15, 0.2) is 0 Å². The summed E-state index contributed by atoms with van der Waals surface area (Å²) in [6.45, 7) is 2.16. The first-order valence-electron chi connectivity index (χ1n) is 5.49. The van der Waals surface area contributed by atoms with Crippen molar-refractivity contribution in [2.45, 2.75) is 63.9 Å². The molecule has 0 atom stereocenters. The second kappa shape index (κ2) is 5.29. The molecular formula is C12H20O. The van der Waals surface area contributed by atoms with Crippen molar-refractivity contribution in [3.8, 4) is 11.8 Å². The van der Waals surface area contributed by atoms with Gasteiger partial charge in [-0.15, -0.1) is 5.92 Å². The van der Waals surface area contributed by atoms with E-state index in [1.54, 1.807) is 0 Å². The normalized spacial score (nSPS) is 20.5. The smallest absolute Gasteiger partial charge is 0.125 e. The predicted octanol–water partition coefficient (Wildman–Crippen LogP) is 2.88. The lowest BCUT2D eigenvalue weighted by Gasteiger charge is -2.26. The molecule has 0 saturated heterocycles. The van der Waals surface area contributed by atoms with Crippen LogP contribution in [-0.2, 0) is 0 Å². The summed E-state index contributed by atoms with van der Waals surface area (Å²) in [5, 5.41) is 10.00. The van der Waals surface area contributed by atoms with Crippen LogP contribution in [0.3, 0.4) is 0 Å². The molecule has 1 aliphatic rings. The summed E-state index contributed by atoms with van der Waals surface area (Å²) in [6, 6.07) is 0. The molecule has 0 aromatic carbocycles. The molecule has 1 N–H and O–H groups in total. The lowest BCUT2D eigenvalue weighted by atomic mass is 9.85. The third-order valence-electron chi connectivity index (χ3n) is 2.66. The van der Waals surface area contributed by atoms with Gasteiger partial charge in [0.1, 0.15) is 5.60 Å². The molecule has 0 spiro atoms. The highest BCUT2D eigenvalue weighted by molar-refractivity contribution is 5.14. The Morgan fingerprint density at radius 1 is 1.23 bits per heavy atom. The molecule has 13 heavy (non-hydrogen) atoms. The molecule has 0 heterocycles. The van der Waals surface area contributed by atoms with E-state index in [1.165, 1.54) is 12.8 Å². The summed E-state index contributed by atoms with van der Waals surface area (Å²) in [6.07, 6.45) is 8.59. The Hall–Kier alpha value is -0.480. The molecule has 1 aliphatic carbocycles. The highest BCUT2D eigenvalue weighted by Gasteiger charge is 2.26. The fourth-order valence-corrected chi connectivity index (χ4v) is 1.75. The van der Waals surface area contributed by atoms with Gasteiger partial charge in [0.05, 0.1) is 0 Å². The largest absolute Gasteiger partial charge is 0.378 e. The maximum Gasteiger partial charge on any atom is 0.125 e. The molecule has 1 rings (SSSR count). The van der Waals surface area contributed by atoms with Crippen molar-refractivity contribution < 1.29 is 5.11 Å². The summed E-state index contributed by atoms with van der Waals surface area (Å²) in [7, 11) is 0. The van der Waals surface area contributed by atoms with Crippen LogP contribution >= 0.6 is 0 Å². The van der Waals surface area contributed by atoms with Crippen LogP contribution < -0.4 is 0 Å². The van der Waals surface area contributed by atoms with E-state index < -0.39 is 5.60 Å². The fourth-order valence-electron chi connectivity index (χ4n) is 1.75. The molecule has 0 aromatic heterocycles. The van der Waals surface area contributed by atoms with Gasteiger partial charge in [-0.25, -0.2) is 0 Å². The highest BCUT2D eigenvalue weighted by atomic mass is 16.3. The third-order valence-corrected chi connectivity index (χ3v) is 2.66. The second-order valence-corrected chi connectivity index (χ2v) is 4.00. The zero-order valence-electron chi connectivity index (χ0n) is 8.60. The van der Waals surface area contributed by atoms with Gasteiger partial charge in [-0.05, 0) is 32.1 Å². The van der Waals surface area contributed by atoms with Gasteiger partial charge < -0.3 is 5.11 Å². The van der Waals surface area contributed by atoms with E-state index in [2.05, 4.69) is 18.8 Å². The number of hydrogen-bond donors (Lipinski definition) is 1. The van der Waals surface area contributed by atoms with E-state index in [9.17, 15) is 5.11 Å². The average molecular weight is 180 g/mol. The maximum atomic E-state index is 10.00. The van der Waals surface area contributed by atoms with Crippen LogP contribution in [-0.4, -0.2) is 10.7 Å². The Morgan fingerprint density at radius 2 is 1.92 bits per heavy atom. The van der Waals surface area contributed by atoms with Gasteiger partial charge in [0.15, 0.2) is 0 Å². The molecule has 0 radical (unpaired) electrons. The van der Waals surface area contributed by atoms with Gasteiger partial charge in [-0.1, -0.05) is 25.7 Å². The van der Waals surface area contributed by atoms with Gasteiger partial charge in [-0.2, -0.15) is 0 Å². The van der Waals surface area contributed by atoms with Crippen LogP contribution in [0.25, 0.3) is 0 Å². The number of hydrogen-bond acceptors (Lipinski definition) is 1. The minimum absolute atomic E-state index is 0.633. The van der Waals surface area contributed by atoms with E-state index >= 15 is 0 Å². The summed E-state index contributed by atoms with van der Waals surface area (Å²) in [4.78, 5) is 0. The van der Waals surface area contributed by atoms with Crippen molar-refractivity contribution in [2.75, 3.05) is 0 Å². The standard InChI is InChI=1S/C12H20O/c1-2-3-4-6-9-12(13)10-7-5-8-11-12/h13H,2-5,7-8,10-11H2,1H3. The molecule has 0 amide bonds. The van der Waals surface area contributed by atoms with Crippen LogP contribution in [0, 0.1) is 11.8 Å². The second-order valence-electron chi connectivity index (χ2n) is 4.00. The number of aliphatic hydroxyl groups is 1. The molecule has 0 unspecified atom stereocenters. The zero-order chi connectivity index (χ0) is 9.57. The zero-order valence-corrected chi connectivity index (χ0v) is 8.60. The quantitative estimate of drug-likeness (QED) is 0.512. The van der Waals surface area contributed by atoms with E-state index in [-0.39, 0.29) is 0 Å².